The number of aromatic nitrogens is 1. The second kappa shape index (κ2) is 4.97. The zero-order chi connectivity index (χ0) is 12.3. The normalized spacial score (nSPS) is 10.2. The van der Waals surface area contributed by atoms with Gasteiger partial charge in [0.2, 0.25) is 0 Å². The standard InChI is InChI=1S/C12H12N2O2S/c1-8(15)6-10-7-17-12(14-10)13-9-2-4-11(16)5-3-9/h2-5,7,16H,6H2,1H3,(H,13,14). The van der Waals surface area contributed by atoms with Crippen molar-refractivity contribution in [3.05, 3.63) is 35.3 Å². The number of ketones is 1. The van der Waals surface area contributed by atoms with Crippen LogP contribution >= 0.6 is 11.3 Å². The summed E-state index contributed by atoms with van der Waals surface area (Å²) in [5, 5.41) is 14.9. The predicted octanol–water partition coefficient (Wildman–Crippen LogP) is 2.72. The highest BCUT2D eigenvalue weighted by molar-refractivity contribution is 7.13. The number of aromatic hydroxyl groups is 1. The fourth-order valence-electron chi connectivity index (χ4n) is 1.37. The summed E-state index contributed by atoms with van der Waals surface area (Å²) in [6.45, 7) is 1.55. The minimum absolute atomic E-state index is 0.103. The molecular weight excluding hydrogens is 236 g/mol. The summed E-state index contributed by atoms with van der Waals surface area (Å²) in [6.07, 6.45) is 0.369. The number of rotatable bonds is 4. The topological polar surface area (TPSA) is 62.2 Å². The molecule has 0 saturated carbocycles. The molecule has 1 heterocycles. The summed E-state index contributed by atoms with van der Waals surface area (Å²) in [6, 6.07) is 6.74. The predicted molar refractivity (Wildman–Crippen MR) is 67.9 cm³/mol. The molecule has 88 valence electrons. The van der Waals surface area contributed by atoms with Crippen LogP contribution in [0.1, 0.15) is 12.6 Å². The Morgan fingerprint density at radius 1 is 1.41 bits per heavy atom. The van der Waals surface area contributed by atoms with E-state index < -0.39 is 0 Å². The highest BCUT2D eigenvalue weighted by atomic mass is 32.1. The Kier molecular flexibility index (Phi) is 3.39. The molecule has 0 aliphatic heterocycles. The van der Waals surface area contributed by atoms with E-state index in [2.05, 4.69) is 10.3 Å². The first-order chi connectivity index (χ1) is 8.13. The molecule has 0 bridgehead atoms. The SMILES string of the molecule is CC(=O)Cc1csc(Nc2ccc(O)cc2)n1. The van der Waals surface area contributed by atoms with Crippen LogP contribution in [-0.4, -0.2) is 15.9 Å². The van der Waals surface area contributed by atoms with Crippen molar-refractivity contribution in [3.63, 3.8) is 0 Å². The monoisotopic (exact) mass is 248 g/mol. The molecule has 2 N–H and O–H groups in total. The van der Waals surface area contributed by atoms with Crippen LogP contribution in [0.4, 0.5) is 10.8 Å². The maximum Gasteiger partial charge on any atom is 0.187 e. The highest BCUT2D eigenvalue weighted by Crippen LogP contribution is 2.22. The number of Topliss-reactive ketones (excluding diaryl/α,β-unsaturated/α-hetero) is 1. The van der Waals surface area contributed by atoms with Crippen molar-refractivity contribution in [2.24, 2.45) is 0 Å². The summed E-state index contributed by atoms with van der Waals surface area (Å²) in [4.78, 5) is 15.2. The zero-order valence-corrected chi connectivity index (χ0v) is 10.1. The van der Waals surface area contributed by atoms with Gasteiger partial charge in [0.15, 0.2) is 5.13 Å². The lowest BCUT2D eigenvalue weighted by Crippen LogP contribution is -1.97. The van der Waals surface area contributed by atoms with E-state index in [0.29, 0.717) is 6.42 Å². The van der Waals surface area contributed by atoms with Crippen molar-refractivity contribution >= 4 is 27.9 Å². The van der Waals surface area contributed by atoms with E-state index in [4.69, 9.17) is 5.11 Å². The number of thiazole rings is 1. The van der Waals surface area contributed by atoms with Crippen LogP contribution in [0.3, 0.4) is 0 Å². The van der Waals surface area contributed by atoms with Gasteiger partial charge in [0.1, 0.15) is 11.5 Å². The molecule has 1 aromatic heterocycles. The Balaban J connectivity index is 2.06. The molecule has 2 rings (SSSR count). The van der Waals surface area contributed by atoms with Gasteiger partial charge < -0.3 is 10.4 Å². The first-order valence-corrected chi connectivity index (χ1v) is 6.01. The molecule has 0 spiro atoms. The third-order valence-corrected chi connectivity index (χ3v) is 2.91. The van der Waals surface area contributed by atoms with Crippen molar-refractivity contribution in [2.75, 3.05) is 5.32 Å². The lowest BCUT2D eigenvalue weighted by Gasteiger charge is -2.01. The molecule has 0 fully saturated rings. The molecule has 0 saturated heterocycles. The Bertz CT molecular complexity index is 520. The molecule has 5 heteroatoms. The molecule has 0 unspecified atom stereocenters. The quantitative estimate of drug-likeness (QED) is 0.817. The minimum atomic E-state index is 0.103. The van der Waals surface area contributed by atoms with E-state index in [1.54, 1.807) is 31.2 Å². The lowest BCUT2D eigenvalue weighted by molar-refractivity contribution is -0.116. The molecule has 1 aromatic carbocycles. The smallest absolute Gasteiger partial charge is 0.187 e. The molecular formula is C12H12N2O2S. The van der Waals surface area contributed by atoms with Crippen LogP contribution in [-0.2, 0) is 11.2 Å². The van der Waals surface area contributed by atoms with Gasteiger partial charge in [-0.3, -0.25) is 4.79 Å². The van der Waals surface area contributed by atoms with E-state index in [9.17, 15) is 4.79 Å². The average Bonchev–Trinajstić information content (AvgIpc) is 2.68. The van der Waals surface area contributed by atoms with E-state index in [1.807, 2.05) is 5.38 Å². The second-order valence-corrected chi connectivity index (χ2v) is 4.55. The second-order valence-electron chi connectivity index (χ2n) is 3.69. The van der Waals surface area contributed by atoms with Gasteiger partial charge in [0.05, 0.1) is 5.69 Å². The number of carbonyl (C=O) groups is 1. The number of phenols is 1. The Morgan fingerprint density at radius 3 is 2.76 bits per heavy atom. The van der Waals surface area contributed by atoms with Crippen LogP contribution in [0.15, 0.2) is 29.6 Å². The summed E-state index contributed by atoms with van der Waals surface area (Å²) in [5.74, 6) is 0.332. The number of benzene rings is 1. The summed E-state index contributed by atoms with van der Waals surface area (Å²) >= 11 is 1.45. The maximum absolute atomic E-state index is 10.9. The summed E-state index contributed by atoms with van der Waals surface area (Å²) in [5.41, 5.74) is 1.63. The Hall–Kier alpha value is -1.88. The Morgan fingerprint density at radius 2 is 2.12 bits per heavy atom. The van der Waals surface area contributed by atoms with Gasteiger partial charge in [-0.05, 0) is 31.2 Å². The molecule has 4 nitrogen and oxygen atoms in total. The lowest BCUT2D eigenvalue weighted by atomic mass is 10.3. The molecule has 2 aromatic rings. The summed E-state index contributed by atoms with van der Waals surface area (Å²) in [7, 11) is 0. The molecule has 0 amide bonds. The van der Waals surface area contributed by atoms with Crippen LogP contribution in [0, 0.1) is 0 Å². The molecule has 0 radical (unpaired) electrons. The number of anilines is 2. The van der Waals surface area contributed by atoms with Gasteiger partial charge >= 0.3 is 0 Å². The van der Waals surface area contributed by atoms with Crippen LogP contribution < -0.4 is 5.32 Å². The molecule has 0 aliphatic rings. The van der Waals surface area contributed by atoms with Crippen LogP contribution in [0.2, 0.25) is 0 Å². The van der Waals surface area contributed by atoms with Crippen molar-refractivity contribution in [2.45, 2.75) is 13.3 Å². The maximum atomic E-state index is 10.9. The fraction of sp³-hybridized carbons (Fsp3) is 0.167. The van der Waals surface area contributed by atoms with Crippen LogP contribution in [0.5, 0.6) is 5.75 Å². The number of hydrogen-bond acceptors (Lipinski definition) is 5. The van der Waals surface area contributed by atoms with E-state index in [1.165, 1.54) is 11.3 Å². The van der Waals surface area contributed by atoms with E-state index >= 15 is 0 Å². The third kappa shape index (κ3) is 3.29. The van der Waals surface area contributed by atoms with Gasteiger partial charge in [-0.2, -0.15) is 0 Å². The van der Waals surface area contributed by atoms with Gasteiger partial charge in [0.25, 0.3) is 0 Å². The minimum Gasteiger partial charge on any atom is -0.508 e. The number of nitrogens with zero attached hydrogens (tertiary/aromatic N) is 1. The average molecular weight is 248 g/mol. The first kappa shape index (κ1) is 11.6. The van der Waals surface area contributed by atoms with Gasteiger partial charge in [-0.15, -0.1) is 11.3 Å². The number of carbonyl (C=O) groups excluding carboxylic acids is 1. The number of hydrogen-bond donors (Lipinski definition) is 2. The molecule has 17 heavy (non-hydrogen) atoms. The van der Waals surface area contributed by atoms with Gasteiger partial charge in [-0.25, -0.2) is 4.98 Å². The van der Waals surface area contributed by atoms with Crippen molar-refractivity contribution < 1.29 is 9.90 Å². The van der Waals surface area contributed by atoms with Gasteiger partial charge in [-0.1, -0.05) is 0 Å². The molecule has 0 aliphatic carbocycles. The van der Waals surface area contributed by atoms with Crippen LogP contribution in [0.25, 0.3) is 0 Å². The van der Waals surface area contributed by atoms with Crippen molar-refractivity contribution in [3.8, 4) is 5.75 Å². The van der Waals surface area contributed by atoms with Gasteiger partial charge in [0, 0.05) is 17.5 Å². The third-order valence-electron chi connectivity index (χ3n) is 2.10. The summed E-state index contributed by atoms with van der Waals surface area (Å²) < 4.78 is 0. The number of nitrogens with one attached hydrogen (secondary N) is 1. The van der Waals surface area contributed by atoms with Crippen molar-refractivity contribution in [1.82, 2.24) is 4.98 Å². The van der Waals surface area contributed by atoms with Crippen molar-refractivity contribution in [1.29, 1.82) is 0 Å². The largest absolute Gasteiger partial charge is 0.508 e. The Labute approximate surface area is 103 Å². The fourth-order valence-corrected chi connectivity index (χ4v) is 2.10. The first-order valence-electron chi connectivity index (χ1n) is 5.13. The highest BCUT2D eigenvalue weighted by Gasteiger charge is 2.04. The van der Waals surface area contributed by atoms with E-state index in [0.717, 1.165) is 16.5 Å². The molecule has 0 atom stereocenters. The number of phenolic OH excluding ortho intramolecular Hbond substituents is 1. The van der Waals surface area contributed by atoms with E-state index in [-0.39, 0.29) is 11.5 Å². The zero-order valence-electron chi connectivity index (χ0n) is 9.30.